The fourth-order valence-electron chi connectivity index (χ4n) is 6.68. The van der Waals surface area contributed by atoms with Crippen LogP contribution in [0.25, 0.3) is 0 Å². The summed E-state index contributed by atoms with van der Waals surface area (Å²) >= 11 is 0. The first-order valence-electron chi connectivity index (χ1n) is 17.0. The van der Waals surface area contributed by atoms with Crippen LogP contribution in [0.2, 0.25) is 0 Å². The smallest absolute Gasteiger partial charge is 0.212 e. The Kier molecular flexibility index (Phi) is 15.6. The van der Waals surface area contributed by atoms with Crippen molar-refractivity contribution in [3.63, 3.8) is 0 Å². The summed E-state index contributed by atoms with van der Waals surface area (Å²) in [6.07, 6.45) is -7.22. The van der Waals surface area contributed by atoms with Crippen molar-refractivity contribution in [1.82, 2.24) is 0 Å². The normalized spacial score (nSPS) is 11.6. The highest BCUT2D eigenvalue weighted by Gasteiger charge is 2.52. The summed E-state index contributed by atoms with van der Waals surface area (Å²) in [6, 6.07) is 6.76. The van der Waals surface area contributed by atoms with Crippen molar-refractivity contribution in [2.24, 2.45) is 0 Å². The molecule has 2 N–H and O–H groups in total. The molecule has 0 aliphatic carbocycles. The summed E-state index contributed by atoms with van der Waals surface area (Å²) in [4.78, 5) is 23.7. The quantitative estimate of drug-likeness (QED) is 0.0374. The second kappa shape index (κ2) is 19.6. The average molecular weight is 962 g/mol. The van der Waals surface area contributed by atoms with Crippen LogP contribution in [0.15, 0.2) is 24.3 Å². The van der Waals surface area contributed by atoms with E-state index in [-0.39, 0.29) is 41.4 Å². The fourth-order valence-corrected chi connectivity index (χ4v) is 8.21. The molecule has 5 aromatic carbocycles. The lowest BCUT2D eigenvalue weighted by Gasteiger charge is -2.44. The van der Waals surface area contributed by atoms with Crippen LogP contribution in [0.5, 0.6) is 0 Å². The third-order valence-electron chi connectivity index (χ3n) is 9.41. The number of carbonyl (C=O) groups is 2. The summed E-state index contributed by atoms with van der Waals surface area (Å²) in [5.74, 6) is -70.4. The van der Waals surface area contributed by atoms with Crippen molar-refractivity contribution in [3.05, 3.63) is 152 Å². The van der Waals surface area contributed by atoms with Crippen LogP contribution in [0.4, 0.5) is 87.8 Å². The number of aliphatic hydroxyl groups is 2. The van der Waals surface area contributed by atoms with E-state index < -0.39 is 144 Å². The van der Waals surface area contributed by atoms with Crippen molar-refractivity contribution in [3.8, 4) is 0 Å². The Morgan fingerprint density at radius 2 is 0.625 bits per heavy atom. The van der Waals surface area contributed by atoms with Crippen LogP contribution < -0.4 is 21.9 Å². The number of ketones is 2. The van der Waals surface area contributed by atoms with Gasteiger partial charge in [0, 0.05) is 22.0 Å². The Hall–Kier alpha value is -5.63. The van der Waals surface area contributed by atoms with Gasteiger partial charge < -0.3 is 10.2 Å². The Bertz CT molecular complexity index is 2310. The molecular weight excluding hydrogens is 943 g/mol. The van der Waals surface area contributed by atoms with Gasteiger partial charge in [-0.25, -0.2) is 87.8 Å². The number of hydrogen-bond donors (Lipinski definition) is 2. The molecule has 0 aliphatic rings. The van der Waals surface area contributed by atoms with Gasteiger partial charge in [0.1, 0.15) is 64.2 Å². The number of Topliss-reactive ketones (excluding diaryl/α,β-unsaturated/α-hetero) is 2. The van der Waals surface area contributed by atoms with E-state index in [9.17, 15) is 62.3 Å². The number of carbonyl (C=O) groups excluding carboxylic acids is 2. The van der Waals surface area contributed by atoms with Gasteiger partial charge in [0.25, 0.3) is 0 Å². The van der Waals surface area contributed by atoms with E-state index in [2.05, 4.69) is 0 Å². The second-order valence-corrected chi connectivity index (χ2v) is 15.3. The summed E-state index contributed by atoms with van der Waals surface area (Å²) in [7, 11) is -0.337. The lowest BCUT2D eigenvalue weighted by molar-refractivity contribution is 0.0983. The summed E-state index contributed by atoms with van der Waals surface area (Å²) in [6.45, 7) is 1.45. The van der Waals surface area contributed by atoms with Gasteiger partial charge in [-0.3, -0.25) is 9.59 Å². The van der Waals surface area contributed by atoms with Gasteiger partial charge in [-0.1, -0.05) is 24.3 Å². The van der Waals surface area contributed by atoms with Crippen molar-refractivity contribution in [1.29, 1.82) is 0 Å². The molecule has 0 fully saturated rings. The van der Waals surface area contributed by atoms with E-state index in [0.29, 0.717) is 22.6 Å². The first-order valence-corrected chi connectivity index (χ1v) is 18.8. The van der Waals surface area contributed by atoms with E-state index in [1.807, 2.05) is 0 Å². The number of rotatable bonds is 12. The van der Waals surface area contributed by atoms with E-state index in [1.54, 1.807) is 24.3 Å². The van der Waals surface area contributed by atoms with E-state index in [4.69, 9.17) is 10.2 Å². The summed E-state index contributed by atoms with van der Waals surface area (Å²) < 4.78 is 294. The van der Waals surface area contributed by atoms with Gasteiger partial charge >= 0.3 is 0 Å². The molecule has 4 nitrogen and oxygen atoms in total. The molecule has 0 saturated carbocycles. The van der Waals surface area contributed by atoms with Gasteiger partial charge in [0.05, 0.1) is 13.2 Å². The molecule has 5 rings (SSSR count). The van der Waals surface area contributed by atoms with Crippen LogP contribution in [0.1, 0.15) is 27.6 Å². The molecule has 0 saturated heterocycles. The number of benzene rings is 5. The highest BCUT2D eigenvalue weighted by atomic mass is 32.2. The predicted octanol–water partition coefficient (Wildman–Crippen LogP) is 6.52. The van der Waals surface area contributed by atoms with Gasteiger partial charge in [0.2, 0.25) is 5.78 Å². The minimum Gasteiger partial charge on any atom is -0.391 e. The minimum atomic E-state index is -7.22. The number of aliphatic hydroxyl groups excluding tert-OH is 2. The van der Waals surface area contributed by atoms with E-state index in [1.165, 1.54) is 6.92 Å². The van der Waals surface area contributed by atoms with Crippen molar-refractivity contribution >= 4 is 50.5 Å². The van der Waals surface area contributed by atoms with E-state index >= 15 is 35.1 Å². The molecule has 0 bridgehead atoms. The van der Waals surface area contributed by atoms with Crippen LogP contribution in [0, 0.1) is 116 Å². The zero-order valence-electron chi connectivity index (χ0n) is 31.1. The van der Waals surface area contributed by atoms with Crippen LogP contribution in [-0.4, -0.2) is 58.4 Å². The van der Waals surface area contributed by atoms with Gasteiger partial charge in [-0.05, 0) is 6.92 Å². The molecule has 0 atom stereocenters. The van der Waals surface area contributed by atoms with Gasteiger partial charge in [0.15, 0.2) is 81.3 Å². The predicted molar refractivity (Wildman–Crippen MR) is 186 cm³/mol. The van der Waals surface area contributed by atoms with E-state index in [0.717, 1.165) is 0 Å². The molecule has 0 heterocycles. The SMILES string of the molecule is CC(=O)c1ccccc1C(=O)C[S+](CCO)CCO.Fc1c(F)c(F)c([B-](c2c(F)c(F)c(F)c(F)c2F)(c2c(F)c(F)c(F)c(F)c2F)c2c(F)c(F)c(F)c(F)c2F)c(F)c1F. The zero-order chi connectivity index (χ0) is 48.6. The van der Waals surface area contributed by atoms with Crippen molar-refractivity contribution < 1.29 is 108 Å². The first-order chi connectivity index (χ1) is 29.8. The largest absolute Gasteiger partial charge is 0.391 e. The molecule has 64 heavy (non-hydrogen) atoms. The highest BCUT2D eigenvalue weighted by Crippen LogP contribution is 2.31. The van der Waals surface area contributed by atoms with Gasteiger partial charge in [-0.15, -0.1) is 21.9 Å². The molecular formula is C38H19BF20O4S. The van der Waals surface area contributed by atoms with Gasteiger partial charge in [-0.2, -0.15) is 0 Å². The fraction of sp³-hybridized carbons (Fsp3) is 0.158. The molecule has 26 heteroatoms. The maximum Gasteiger partial charge on any atom is 0.212 e. The Morgan fingerprint density at radius 1 is 0.406 bits per heavy atom. The van der Waals surface area contributed by atoms with Crippen LogP contribution in [0.3, 0.4) is 0 Å². The monoisotopic (exact) mass is 962 g/mol. The molecule has 5 aromatic rings. The lowest BCUT2D eigenvalue weighted by Crippen LogP contribution is -2.81. The zero-order valence-corrected chi connectivity index (χ0v) is 31.9. The molecule has 0 aromatic heterocycles. The number of halogens is 20. The van der Waals surface area contributed by atoms with Crippen molar-refractivity contribution in [2.45, 2.75) is 6.92 Å². The summed E-state index contributed by atoms with van der Waals surface area (Å²) in [5.41, 5.74) is -13.5. The molecule has 0 unspecified atom stereocenters. The second-order valence-electron chi connectivity index (χ2n) is 12.9. The first kappa shape index (κ1) is 51.0. The Labute approximate surface area is 347 Å². The van der Waals surface area contributed by atoms with Crippen LogP contribution >= 0.6 is 0 Å². The minimum absolute atomic E-state index is 0.00471. The molecule has 0 aliphatic heterocycles. The third-order valence-corrected chi connectivity index (χ3v) is 11.6. The topological polar surface area (TPSA) is 74.6 Å². The maximum atomic E-state index is 15.4. The highest BCUT2D eigenvalue weighted by molar-refractivity contribution is 7.97. The standard InChI is InChI=1S/C24BF20.C14H19O4S/c26-5-1(6(27)14(35)21(42)13(5)34)25(2-7(28)15(36)22(43)16(37)8(2)29,3-9(30)17(38)23(44)18(39)10(3)31)4-11(32)19(40)24(45)20(41)12(4)33;1-11(17)12-4-2-3-5-13(12)14(18)10-19(8-6-15)9-7-16/h;2-5,15-16H,6-10H2,1H3/q-1;+1. The third kappa shape index (κ3) is 8.41. The maximum absolute atomic E-state index is 15.4. The average Bonchev–Trinajstić information content (AvgIpc) is 3.26. The Morgan fingerprint density at radius 3 is 0.844 bits per heavy atom. The summed E-state index contributed by atoms with van der Waals surface area (Å²) in [5, 5.41) is 17.9. The lowest BCUT2D eigenvalue weighted by atomic mass is 9.12. The number of hydrogen-bond acceptors (Lipinski definition) is 4. The molecule has 344 valence electrons. The van der Waals surface area contributed by atoms with Crippen molar-refractivity contribution in [2.75, 3.05) is 30.5 Å². The Balaban J connectivity index is 0.000000395. The molecule has 0 amide bonds. The molecule has 0 spiro atoms. The van der Waals surface area contributed by atoms with Crippen LogP contribution in [-0.2, 0) is 10.9 Å². The molecule has 0 radical (unpaired) electrons.